The third kappa shape index (κ3) is 2.85. The fourth-order valence-corrected chi connectivity index (χ4v) is 2.62. The van der Waals surface area contributed by atoms with E-state index in [4.69, 9.17) is 0 Å². The van der Waals surface area contributed by atoms with Crippen molar-refractivity contribution in [2.75, 3.05) is 38.6 Å². The van der Waals surface area contributed by atoms with E-state index in [-0.39, 0.29) is 0 Å². The van der Waals surface area contributed by atoms with E-state index < -0.39 is 0 Å². The van der Waals surface area contributed by atoms with Gasteiger partial charge in [-0.15, -0.1) is 0 Å². The molecule has 1 N–H and O–H groups in total. The summed E-state index contributed by atoms with van der Waals surface area (Å²) < 4.78 is 0. The Hall–Kier alpha value is -1.06. The summed E-state index contributed by atoms with van der Waals surface area (Å²) in [5.74, 6) is 0. The number of hydrogen-bond donors (Lipinski definition) is 1. The Morgan fingerprint density at radius 2 is 2.11 bits per heavy atom. The van der Waals surface area contributed by atoms with E-state index in [1.807, 2.05) is 7.05 Å². The third-order valence-corrected chi connectivity index (χ3v) is 3.90. The van der Waals surface area contributed by atoms with E-state index in [0.29, 0.717) is 6.04 Å². The van der Waals surface area contributed by atoms with Gasteiger partial charge < -0.3 is 15.1 Å². The molecule has 0 aromatic heterocycles. The van der Waals surface area contributed by atoms with Gasteiger partial charge in [-0.3, -0.25) is 0 Å². The van der Waals surface area contributed by atoms with Gasteiger partial charge in [-0.2, -0.15) is 0 Å². The number of piperazine rings is 1. The minimum Gasteiger partial charge on any atom is -0.368 e. The lowest BCUT2D eigenvalue weighted by atomic mass is 10.1. The summed E-state index contributed by atoms with van der Waals surface area (Å²) in [6.07, 6.45) is 0. The summed E-state index contributed by atoms with van der Waals surface area (Å²) in [7, 11) is 4.23. The highest BCUT2D eigenvalue weighted by molar-refractivity contribution is 5.55. The maximum Gasteiger partial charge on any atom is 0.0413 e. The zero-order valence-corrected chi connectivity index (χ0v) is 12.0. The monoisotopic (exact) mass is 247 g/mol. The van der Waals surface area contributed by atoms with Crippen LogP contribution >= 0.6 is 0 Å². The van der Waals surface area contributed by atoms with Crippen molar-refractivity contribution in [1.29, 1.82) is 0 Å². The van der Waals surface area contributed by atoms with Gasteiger partial charge in [0.15, 0.2) is 0 Å². The minimum absolute atomic E-state index is 0.627. The molecule has 0 saturated carbocycles. The van der Waals surface area contributed by atoms with E-state index >= 15 is 0 Å². The fourth-order valence-electron chi connectivity index (χ4n) is 2.62. The molecule has 1 atom stereocenters. The van der Waals surface area contributed by atoms with Crippen molar-refractivity contribution < 1.29 is 0 Å². The Balaban J connectivity index is 2.22. The molecule has 2 rings (SSSR count). The highest BCUT2D eigenvalue weighted by Gasteiger charge is 2.22. The van der Waals surface area contributed by atoms with E-state index in [1.54, 1.807) is 0 Å². The Kier molecular flexibility index (Phi) is 4.25. The Bertz CT molecular complexity index is 403. The van der Waals surface area contributed by atoms with Crippen LogP contribution in [0, 0.1) is 6.92 Å². The van der Waals surface area contributed by atoms with Crippen LogP contribution in [0.25, 0.3) is 0 Å². The van der Waals surface area contributed by atoms with Crippen molar-refractivity contribution >= 4 is 5.69 Å². The topological polar surface area (TPSA) is 18.5 Å². The molecular weight excluding hydrogens is 222 g/mol. The molecule has 1 aliphatic rings. The van der Waals surface area contributed by atoms with Crippen LogP contribution in [0.15, 0.2) is 18.2 Å². The van der Waals surface area contributed by atoms with Crippen LogP contribution in [-0.2, 0) is 6.54 Å². The van der Waals surface area contributed by atoms with Crippen molar-refractivity contribution in [3.8, 4) is 0 Å². The van der Waals surface area contributed by atoms with Gasteiger partial charge in [-0.05, 0) is 39.6 Å². The van der Waals surface area contributed by atoms with Crippen LogP contribution in [0.1, 0.15) is 18.1 Å². The van der Waals surface area contributed by atoms with Crippen LogP contribution in [0.2, 0.25) is 0 Å². The first-order valence-corrected chi connectivity index (χ1v) is 6.81. The molecule has 0 spiro atoms. The second kappa shape index (κ2) is 5.72. The van der Waals surface area contributed by atoms with Crippen molar-refractivity contribution in [1.82, 2.24) is 10.2 Å². The number of nitrogens with one attached hydrogen (secondary N) is 1. The number of benzene rings is 1. The van der Waals surface area contributed by atoms with Gasteiger partial charge >= 0.3 is 0 Å². The van der Waals surface area contributed by atoms with Crippen LogP contribution in [0.4, 0.5) is 5.69 Å². The largest absolute Gasteiger partial charge is 0.368 e. The predicted octanol–water partition coefficient (Wildman–Crippen LogP) is 1.85. The van der Waals surface area contributed by atoms with Gasteiger partial charge in [0.05, 0.1) is 0 Å². The fraction of sp³-hybridized carbons (Fsp3) is 0.600. The molecule has 0 radical (unpaired) electrons. The first-order chi connectivity index (χ1) is 8.61. The van der Waals surface area contributed by atoms with Gasteiger partial charge in [0.1, 0.15) is 0 Å². The van der Waals surface area contributed by atoms with Crippen LogP contribution in [0.5, 0.6) is 0 Å². The summed E-state index contributed by atoms with van der Waals surface area (Å²) >= 11 is 0. The SMILES string of the molecule is CNCc1cc(C)ccc1N1CCN(C)C(C)C1. The Morgan fingerprint density at radius 1 is 1.33 bits per heavy atom. The molecule has 0 amide bonds. The number of likely N-dealkylation sites (N-methyl/N-ethyl adjacent to an activating group) is 1. The summed E-state index contributed by atoms with van der Waals surface area (Å²) in [5, 5.41) is 3.27. The number of nitrogens with zero attached hydrogens (tertiary/aromatic N) is 2. The molecule has 1 aromatic rings. The minimum atomic E-state index is 0.627. The van der Waals surface area contributed by atoms with E-state index in [1.165, 1.54) is 16.8 Å². The van der Waals surface area contributed by atoms with E-state index in [2.05, 4.69) is 54.2 Å². The molecule has 0 aliphatic carbocycles. The van der Waals surface area contributed by atoms with Crippen molar-refractivity contribution in [3.63, 3.8) is 0 Å². The zero-order valence-electron chi connectivity index (χ0n) is 12.0. The van der Waals surface area contributed by atoms with Gasteiger partial charge in [-0.25, -0.2) is 0 Å². The highest BCUT2D eigenvalue weighted by atomic mass is 15.3. The molecule has 1 unspecified atom stereocenters. The van der Waals surface area contributed by atoms with Gasteiger partial charge in [-0.1, -0.05) is 17.7 Å². The molecular formula is C15H25N3. The van der Waals surface area contributed by atoms with Crippen LogP contribution in [-0.4, -0.2) is 44.7 Å². The average molecular weight is 247 g/mol. The molecule has 1 aromatic carbocycles. The third-order valence-electron chi connectivity index (χ3n) is 3.90. The second-order valence-electron chi connectivity index (χ2n) is 5.44. The molecule has 1 fully saturated rings. The molecule has 100 valence electrons. The molecule has 1 heterocycles. The standard InChI is InChI=1S/C15H25N3/c1-12-5-6-15(14(9-12)10-16-3)18-8-7-17(4)13(2)11-18/h5-6,9,13,16H,7-8,10-11H2,1-4H3. The summed E-state index contributed by atoms with van der Waals surface area (Å²) in [6, 6.07) is 7.43. The number of hydrogen-bond acceptors (Lipinski definition) is 3. The first kappa shape index (κ1) is 13.4. The smallest absolute Gasteiger partial charge is 0.0413 e. The molecule has 1 saturated heterocycles. The molecule has 3 nitrogen and oxygen atoms in total. The predicted molar refractivity (Wildman–Crippen MR) is 78.2 cm³/mol. The lowest BCUT2D eigenvalue weighted by Gasteiger charge is -2.39. The molecule has 0 bridgehead atoms. The highest BCUT2D eigenvalue weighted by Crippen LogP contribution is 2.24. The van der Waals surface area contributed by atoms with Crippen molar-refractivity contribution in [2.45, 2.75) is 26.4 Å². The quantitative estimate of drug-likeness (QED) is 0.879. The van der Waals surface area contributed by atoms with E-state index in [9.17, 15) is 0 Å². The first-order valence-electron chi connectivity index (χ1n) is 6.81. The van der Waals surface area contributed by atoms with Crippen molar-refractivity contribution in [3.05, 3.63) is 29.3 Å². The van der Waals surface area contributed by atoms with Crippen LogP contribution in [0.3, 0.4) is 0 Å². The molecule has 3 heteroatoms. The normalized spacial score (nSPS) is 21.3. The maximum atomic E-state index is 3.27. The maximum absolute atomic E-state index is 3.27. The summed E-state index contributed by atoms with van der Waals surface area (Å²) in [6.45, 7) is 8.80. The second-order valence-corrected chi connectivity index (χ2v) is 5.44. The number of aryl methyl sites for hydroxylation is 1. The van der Waals surface area contributed by atoms with Gasteiger partial charge in [0.25, 0.3) is 0 Å². The van der Waals surface area contributed by atoms with Gasteiger partial charge in [0.2, 0.25) is 0 Å². The Labute approximate surface area is 111 Å². The van der Waals surface area contributed by atoms with E-state index in [0.717, 1.165) is 26.2 Å². The zero-order chi connectivity index (χ0) is 13.1. The van der Waals surface area contributed by atoms with Crippen molar-refractivity contribution in [2.24, 2.45) is 0 Å². The average Bonchev–Trinajstić information content (AvgIpc) is 2.34. The Morgan fingerprint density at radius 3 is 2.78 bits per heavy atom. The number of anilines is 1. The van der Waals surface area contributed by atoms with Gasteiger partial charge in [0, 0.05) is 37.9 Å². The lowest BCUT2D eigenvalue weighted by molar-refractivity contribution is 0.234. The number of rotatable bonds is 3. The van der Waals surface area contributed by atoms with Crippen LogP contribution < -0.4 is 10.2 Å². The molecule has 18 heavy (non-hydrogen) atoms. The summed E-state index contributed by atoms with van der Waals surface area (Å²) in [4.78, 5) is 4.96. The summed E-state index contributed by atoms with van der Waals surface area (Å²) in [5.41, 5.74) is 4.15. The lowest BCUT2D eigenvalue weighted by Crippen LogP contribution is -2.50. The molecule has 1 aliphatic heterocycles.